The van der Waals surface area contributed by atoms with E-state index in [2.05, 4.69) is 27.6 Å². The van der Waals surface area contributed by atoms with Crippen molar-refractivity contribution in [2.75, 3.05) is 5.32 Å². The minimum atomic E-state index is -0.460. The first-order valence-corrected chi connectivity index (χ1v) is 9.08. The number of hydrogen-bond acceptors (Lipinski definition) is 4. The minimum Gasteiger partial charge on any atom is -0.403 e. The van der Waals surface area contributed by atoms with Gasteiger partial charge in [-0.15, -0.1) is 5.10 Å². The van der Waals surface area contributed by atoms with Gasteiger partial charge >= 0.3 is 6.01 Å². The molecule has 0 radical (unpaired) electrons. The molecule has 0 saturated carbocycles. The van der Waals surface area contributed by atoms with Crippen molar-refractivity contribution >= 4 is 35.1 Å². The molecule has 0 aliphatic heterocycles. The number of halogens is 2. The number of amides is 1. The van der Waals surface area contributed by atoms with Gasteiger partial charge in [-0.25, -0.2) is 0 Å². The third kappa shape index (κ3) is 3.45. The molecule has 4 rings (SSSR count). The highest BCUT2D eigenvalue weighted by Crippen LogP contribution is 2.28. The van der Waals surface area contributed by atoms with Crippen molar-refractivity contribution in [3.05, 3.63) is 63.1 Å². The summed E-state index contributed by atoms with van der Waals surface area (Å²) in [7, 11) is 0. The van der Waals surface area contributed by atoms with E-state index in [1.165, 1.54) is 30.0 Å². The van der Waals surface area contributed by atoms with E-state index in [0.29, 0.717) is 15.9 Å². The summed E-state index contributed by atoms with van der Waals surface area (Å²) in [5.74, 6) is -0.0935. The summed E-state index contributed by atoms with van der Waals surface area (Å²) in [4.78, 5) is 12.3. The van der Waals surface area contributed by atoms with E-state index in [0.717, 1.165) is 18.4 Å². The topological polar surface area (TPSA) is 68.0 Å². The van der Waals surface area contributed by atoms with Crippen LogP contribution >= 0.6 is 23.2 Å². The van der Waals surface area contributed by atoms with Crippen molar-refractivity contribution < 1.29 is 9.21 Å². The van der Waals surface area contributed by atoms with Gasteiger partial charge in [-0.3, -0.25) is 10.1 Å². The van der Waals surface area contributed by atoms with Gasteiger partial charge in [0.15, 0.2) is 0 Å². The molecule has 2 aromatic carbocycles. The van der Waals surface area contributed by atoms with Gasteiger partial charge < -0.3 is 4.42 Å². The molecule has 26 heavy (non-hydrogen) atoms. The summed E-state index contributed by atoms with van der Waals surface area (Å²) in [5.41, 5.74) is 3.79. The van der Waals surface area contributed by atoms with Crippen LogP contribution in [0.5, 0.6) is 0 Å². The van der Waals surface area contributed by atoms with E-state index in [-0.39, 0.29) is 11.6 Å². The summed E-state index contributed by atoms with van der Waals surface area (Å²) in [6, 6.07) is 10.8. The molecular formula is C19H15Cl2N3O2. The van der Waals surface area contributed by atoms with Gasteiger partial charge in [0.25, 0.3) is 5.91 Å². The second-order valence-electron chi connectivity index (χ2n) is 6.18. The van der Waals surface area contributed by atoms with Crippen molar-refractivity contribution in [2.24, 2.45) is 0 Å². The molecular weight excluding hydrogens is 373 g/mol. The van der Waals surface area contributed by atoms with Crippen molar-refractivity contribution in [1.82, 2.24) is 10.2 Å². The molecule has 0 atom stereocenters. The lowest BCUT2D eigenvalue weighted by Crippen LogP contribution is -2.12. The van der Waals surface area contributed by atoms with Crippen LogP contribution in [0.2, 0.25) is 10.0 Å². The van der Waals surface area contributed by atoms with Crippen LogP contribution in [0.15, 0.2) is 40.8 Å². The predicted octanol–water partition coefficient (Wildman–Crippen LogP) is 5.17. The third-order valence-corrected chi connectivity index (χ3v) is 4.98. The molecule has 1 aliphatic rings. The third-order valence-electron chi connectivity index (χ3n) is 4.41. The summed E-state index contributed by atoms with van der Waals surface area (Å²) < 4.78 is 5.59. The van der Waals surface area contributed by atoms with Crippen molar-refractivity contribution in [3.63, 3.8) is 0 Å². The van der Waals surface area contributed by atoms with E-state index in [1.807, 2.05) is 6.07 Å². The predicted molar refractivity (Wildman–Crippen MR) is 101 cm³/mol. The van der Waals surface area contributed by atoms with Crippen molar-refractivity contribution in [1.29, 1.82) is 0 Å². The fourth-order valence-corrected chi connectivity index (χ4v) is 3.47. The number of nitrogens with zero attached hydrogens (tertiary/aromatic N) is 2. The molecule has 0 spiro atoms. The molecule has 0 unspecified atom stereocenters. The van der Waals surface area contributed by atoms with E-state index < -0.39 is 5.91 Å². The zero-order chi connectivity index (χ0) is 18.1. The molecule has 1 N–H and O–H groups in total. The highest BCUT2D eigenvalue weighted by Gasteiger charge is 2.17. The van der Waals surface area contributed by atoms with Gasteiger partial charge in [0.1, 0.15) is 0 Å². The van der Waals surface area contributed by atoms with E-state index in [1.54, 1.807) is 12.1 Å². The quantitative estimate of drug-likeness (QED) is 0.672. The average molecular weight is 388 g/mol. The number of benzene rings is 2. The van der Waals surface area contributed by atoms with Crippen LogP contribution in [-0.2, 0) is 12.8 Å². The van der Waals surface area contributed by atoms with Crippen molar-refractivity contribution in [2.45, 2.75) is 25.7 Å². The molecule has 1 aromatic heterocycles. The van der Waals surface area contributed by atoms with Crippen LogP contribution in [0.3, 0.4) is 0 Å². The van der Waals surface area contributed by atoms with Gasteiger partial charge in [0.05, 0.1) is 10.6 Å². The molecule has 5 nitrogen and oxygen atoms in total. The Bertz CT molecular complexity index is 985. The second kappa shape index (κ2) is 7.09. The van der Waals surface area contributed by atoms with Crippen LogP contribution in [-0.4, -0.2) is 16.1 Å². The number of aryl methyl sites for hydroxylation is 2. The normalized spacial score (nSPS) is 13.3. The summed E-state index contributed by atoms with van der Waals surface area (Å²) in [6.45, 7) is 0. The van der Waals surface area contributed by atoms with Crippen molar-refractivity contribution in [3.8, 4) is 11.5 Å². The van der Waals surface area contributed by atoms with Gasteiger partial charge in [-0.05, 0) is 67.1 Å². The Hall–Kier alpha value is -2.37. The molecule has 1 aliphatic carbocycles. The van der Waals surface area contributed by atoms with E-state index >= 15 is 0 Å². The summed E-state index contributed by atoms with van der Waals surface area (Å²) in [6.07, 6.45) is 4.60. The molecule has 132 valence electrons. The fourth-order valence-electron chi connectivity index (χ4n) is 3.09. The first-order valence-electron chi connectivity index (χ1n) is 8.32. The molecule has 0 bridgehead atoms. The Morgan fingerprint density at radius 2 is 1.81 bits per heavy atom. The van der Waals surface area contributed by atoms with E-state index in [4.69, 9.17) is 27.6 Å². The van der Waals surface area contributed by atoms with Crippen LogP contribution in [0.1, 0.15) is 34.3 Å². The SMILES string of the molecule is O=C(Nc1nnc(-c2ccc3c(c2)CCCC3)o1)c1cc(Cl)ccc1Cl. The molecule has 1 amide bonds. The first kappa shape index (κ1) is 17.1. The maximum absolute atomic E-state index is 12.3. The molecule has 0 fully saturated rings. The second-order valence-corrected chi connectivity index (χ2v) is 7.02. The van der Waals surface area contributed by atoms with Crippen LogP contribution in [0, 0.1) is 0 Å². The highest BCUT2D eigenvalue weighted by molar-refractivity contribution is 6.36. The standard InChI is InChI=1S/C19H15Cl2N3O2/c20-14-7-8-16(21)15(10-14)17(25)22-19-24-23-18(26-19)13-6-5-11-3-1-2-4-12(11)9-13/h5-10H,1-4H2,(H,22,24,25). The summed E-state index contributed by atoms with van der Waals surface area (Å²) >= 11 is 12.0. The van der Waals surface area contributed by atoms with Crippen LogP contribution in [0.4, 0.5) is 6.01 Å². The molecule has 3 aromatic rings. The number of rotatable bonds is 3. The lowest BCUT2D eigenvalue weighted by molar-refractivity contribution is 0.102. The van der Waals surface area contributed by atoms with Gasteiger partial charge in [-0.2, -0.15) is 0 Å². The number of anilines is 1. The van der Waals surface area contributed by atoms with Crippen LogP contribution in [0.25, 0.3) is 11.5 Å². The number of carbonyl (C=O) groups excluding carboxylic acids is 1. The Morgan fingerprint density at radius 1 is 1.00 bits per heavy atom. The first-order chi connectivity index (χ1) is 12.6. The van der Waals surface area contributed by atoms with Gasteiger partial charge in [0, 0.05) is 10.6 Å². The number of nitrogens with one attached hydrogen (secondary N) is 1. The lowest BCUT2D eigenvalue weighted by atomic mass is 9.90. The highest BCUT2D eigenvalue weighted by atomic mass is 35.5. The number of aromatic nitrogens is 2. The average Bonchev–Trinajstić information content (AvgIpc) is 3.11. The minimum absolute atomic E-state index is 0.0127. The Balaban J connectivity index is 1.55. The Labute approximate surface area is 160 Å². The Kier molecular flexibility index (Phi) is 4.66. The zero-order valence-corrected chi connectivity index (χ0v) is 15.3. The smallest absolute Gasteiger partial charge is 0.322 e. The maximum atomic E-state index is 12.3. The maximum Gasteiger partial charge on any atom is 0.322 e. The Morgan fingerprint density at radius 3 is 2.65 bits per heavy atom. The number of hydrogen-bond donors (Lipinski definition) is 1. The number of carbonyl (C=O) groups is 1. The van der Waals surface area contributed by atoms with E-state index in [9.17, 15) is 4.79 Å². The lowest BCUT2D eigenvalue weighted by Gasteiger charge is -2.15. The number of fused-ring (bicyclic) bond motifs is 1. The van der Waals surface area contributed by atoms with Gasteiger partial charge in [-0.1, -0.05) is 34.4 Å². The zero-order valence-electron chi connectivity index (χ0n) is 13.8. The van der Waals surface area contributed by atoms with Crippen LogP contribution < -0.4 is 5.32 Å². The largest absolute Gasteiger partial charge is 0.403 e. The monoisotopic (exact) mass is 387 g/mol. The van der Waals surface area contributed by atoms with Gasteiger partial charge in [0.2, 0.25) is 5.89 Å². The molecule has 7 heteroatoms. The molecule has 1 heterocycles. The summed E-state index contributed by atoms with van der Waals surface area (Å²) in [5, 5.41) is 11.2. The molecule has 0 saturated heterocycles. The fraction of sp³-hybridized carbons (Fsp3) is 0.211.